The van der Waals surface area contributed by atoms with Crippen LogP contribution >= 0.6 is 0 Å². The fraction of sp³-hybridized carbons (Fsp3) is 0.900. The van der Waals surface area contributed by atoms with E-state index in [4.69, 9.17) is 4.74 Å². The van der Waals surface area contributed by atoms with Gasteiger partial charge in [0.2, 0.25) is 0 Å². The summed E-state index contributed by atoms with van der Waals surface area (Å²) in [5.41, 5.74) is -0.261. The molecule has 0 aliphatic carbocycles. The maximum atomic E-state index is 11.3. The molecule has 12 heavy (non-hydrogen) atoms. The van der Waals surface area contributed by atoms with Gasteiger partial charge < -0.3 is 4.74 Å². The van der Waals surface area contributed by atoms with Gasteiger partial charge in [-0.1, -0.05) is 27.7 Å². The van der Waals surface area contributed by atoms with Crippen molar-refractivity contribution in [3.63, 3.8) is 0 Å². The molecule has 1 aliphatic heterocycles. The number of hydrogen-bond donors (Lipinski definition) is 0. The first-order valence-electron chi connectivity index (χ1n) is 4.46. The lowest BCUT2D eigenvalue weighted by molar-refractivity contribution is -0.120. The standard InChI is InChI=1S/C10H18O2/c1-7-8(11)6-12-10(7,5)9(2,3)4/h7H,6H2,1-5H3. The highest BCUT2D eigenvalue weighted by molar-refractivity contribution is 5.85. The summed E-state index contributed by atoms with van der Waals surface area (Å²) in [5, 5.41) is 0. The van der Waals surface area contributed by atoms with Gasteiger partial charge in [-0.2, -0.15) is 0 Å². The summed E-state index contributed by atoms with van der Waals surface area (Å²) in [6.07, 6.45) is 0. The van der Waals surface area contributed by atoms with Crippen molar-refractivity contribution < 1.29 is 9.53 Å². The molecule has 1 rings (SSSR count). The summed E-state index contributed by atoms with van der Waals surface area (Å²) in [4.78, 5) is 11.3. The lowest BCUT2D eigenvalue weighted by Crippen LogP contribution is -2.44. The van der Waals surface area contributed by atoms with Crippen LogP contribution in [-0.2, 0) is 9.53 Å². The van der Waals surface area contributed by atoms with Crippen LogP contribution in [0.2, 0.25) is 0 Å². The lowest BCUT2D eigenvalue weighted by atomic mass is 9.71. The van der Waals surface area contributed by atoms with Crippen LogP contribution in [0, 0.1) is 11.3 Å². The Labute approximate surface area is 74.3 Å². The van der Waals surface area contributed by atoms with Gasteiger partial charge in [-0.05, 0) is 12.3 Å². The molecule has 0 amide bonds. The highest BCUT2D eigenvalue weighted by Crippen LogP contribution is 2.43. The Hall–Kier alpha value is -0.370. The van der Waals surface area contributed by atoms with Crippen molar-refractivity contribution in [3.8, 4) is 0 Å². The van der Waals surface area contributed by atoms with Crippen LogP contribution < -0.4 is 0 Å². The van der Waals surface area contributed by atoms with Gasteiger partial charge in [-0.25, -0.2) is 0 Å². The third-order valence-corrected chi connectivity index (χ3v) is 3.31. The number of Topliss-reactive ketones (excluding diaryl/α,β-unsaturated/α-hetero) is 1. The topological polar surface area (TPSA) is 26.3 Å². The number of ether oxygens (including phenoxy) is 1. The Balaban J connectivity index is 2.94. The van der Waals surface area contributed by atoms with Gasteiger partial charge >= 0.3 is 0 Å². The van der Waals surface area contributed by atoms with Crippen molar-refractivity contribution in [2.45, 2.75) is 40.2 Å². The van der Waals surface area contributed by atoms with Crippen LogP contribution in [0.25, 0.3) is 0 Å². The van der Waals surface area contributed by atoms with Crippen molar-refractivity contribution in [1.29, 1.82) is 0 Å². The molecule has 2 nitrogen and oxygen atoms in total. The van der Waals surface area contributed by atoms with Gasteiger partial charge in [0.15, 0.2) is 5.78 Å². The monoisotopic (exact) mass is 170 g/mol. The van der Waals surface area contributed by atoms with Crippen molar-refractivity contribution in [2.75, 3.05) is 6.61 Å². The van der Waals surface area contributed by atoms with E-state index in [2.05, 4.69) is 20.8 Å². The number of carbonyl (C=O) groups excluding carboxylic acids is 1. The molecule has 2 heteroatoms. The molecule has 0 spiro atoms. The first-order valence-corrected chi connectivity index (χ1v) is 4.46. The zero-order valence-electron chi connectivity index (χ0n) is 8.60. The van der Waals surface area contributed by atoms with Gasteiger partial charge in [0.1, 0.15) is 6.61 Å². The minimum Gasteiger partial charge on any atom is -0.366 e. The molecular weight excluding hydrogens is 152 g/mol. The number of carbonyl (C=O) groups is 1. The smallest absolute Gasteiger partial charge is 0.164 e. The van der Waals surface area contributed by atoms with Crippen LogP contribution in [0.4, 0.5) is 0 Å². The fourth-order valence-corrected chi connectivity index (χ4v) is 1.64. The van der Waals surface area contributed by atoms with E-state index in [1.807, 2.05) is 13.8 Å². The van der Waals surface area contributed by atoms with Gasteiger partial charge in [-0.3, -0.25) is 4.79 Å². The van der Waals surface area contributed by atoms with Crippen LogP contribution in [0.5, 0.6) is 0 Å². The molecule has 0 aromatic heterocycles. The molecule has 0 saturated carbocycles. The van der Waals surface area contributed by atoms with E-state index in [9.17, 15) is 4.79 Å². The molecule has 0 aromatic rings. The zero-order chi connectivity index (χ0) is 9.57. The molecule has 0 N–H and O–H groups in total. The number of rotatable bonds is 0. The van der Waals surface area contributed by atoms with Gasteiger partial charge in [-0.15, -0.1) is 0 Å². The molecule has 1 aliphatic rings. The summed E-state index contributed by atoms with van der Waals surface area (Å²) < 4.78 is 5.58. The summed E-state index contributed by atoms with van der Waals surface area (Å²) in [6.45, 7) is 10.6. The van der Waals surface area contributed by atoms with Gasteiger partial charge in [0.25, 0.3) is 0 Å². The highest BCUT2D eigenvalue weighted by Gasteiger charge is 2.50. The Morgan fingerprint density at radius 2 is 2.00 bits per heavy atom. The molecule has 2 atom stereocenters. The molecule has 1 saturated heterocycles. The third kappa shape index (κ3) is 1.18. The Morgan fingerprint density at radius 1 is 1.50 bits per heavy atom. The van der Waals surface area contributed by atoms with Crippen LogP contribution in [0.3, 0.4) is 0 Å². The number of ketones is 1. The van der Waals surface area contributed by atoms with Crippen molar-refractivity contribution >= 4 is 5.78 Å². The third-order valence-electron chi connectivity index (χ3n) is 3.31. The van der Waals surface area contributed by atoms with Gasteiger partial charge in [0, 0.05) is 5.92 Å². The first-order chi connectivity index (χ1) is 5.29. The quantitative estimate of drug-likeness (QED) is 0.556. The molecule has 0 bridgehead atoms. The van der Waals surface area contributed by atoms with E-state index >= 15 is 0 Å². The largest absolute Gasteiger partial charge is 0.366 e. The average Bonchev–Trinajstić information content (AvgIpc) is 2.16. The minimum atomic E-state index is -0.288. The molecule has 0 radical (unpaired) electrons. The van der Waals surface area contributed by atoms with Gasteiger partial charge in [0.05, 0.1) is 5.60 Å². The van der Waals surface area contributed by atoms with E-state index in [0.29, 0.717) is 0 Å². The van der Waals surface area contributed by atoms with E-state index in [1.54, 1.807) is 0 Å². The molecule has 70 valence electrons. The molecular formula is C10H18O2. The van der Waals surface area contributed by atoms with E-state index in [-0.39, 0.29) is 29.3 Å². The van der Waals surface area contributed by atoms with Crippen molar-refractivity contribution in [1.82, 2.24) is 0 Å². The predicted octanol–water partition coefficient (Wildman–Crippen LogP) is 2.03. The predicted molar refractivity (Wildman–Crippen MR) is 48.0 cm³/mol. The summed E-state index contributed by atoms with van der Waals surface area (Å²) in [6, 6.07) is 0. The summed E-state index contributed by atoms with van der Waals surface area (Å²) >= 11 is 0. The number of hydrogen-bond acceptors (Lipinski definition) is 2. The Bertz CT molecular complexity index is 202. The fourth-order valence-electron chi connectivity index (χ4n) is 1.64. The minimum absolute atomic E-state index is 0.0255. The molecule has 1 fully saturated rings. The molecule has 0 aromatic carbocycles. The summed E-state index contributed by atoms with van der Waals surface area (Å²) in [7, 11) is 0. The molecule has 1 heterocycles. The second kappa shape index (κ2) is 2.56. The van der Waals surface area contributed by atoms with E-state index in [0.717, 1.165) is 0 Å². The van der Waals surface area contributed by atoms with Crippen LogP contribution in [0.15, 0.2) is 0 Å². The van der Waals surface area contributed by atoms with Crippen LogP contribution in [-0.4, -0.2) is 18.0 Å². The van der Waals surface area contributed by atoms with Crippen LogP contribution in [0.1, 0.15) is 34.6 Å². The average molecular weight is 170 g/mol. The summed E-state index contributed by atoms with van der Waals surface area (Å²) in [5.74, 6) is 0.255. The van der Waals surface area contributed by atoms with E-state index in [1.165, 1.54) is 0 Å². The second-order valence-electron chi connectivity index (χ2n) is 4.83. The van der Waals surface area contributed by atoms with Crippen molar-refractivity contribution in [3.05, 3.63) is 0 Å². The highest BCUT2D eigenvalue weighted by atomic mass is 16.5. The zero-order valence-corrected chi connectivity index (χ0v) is 8.60. The lowest BCUT2D eigenvalue weighted by Gasteiger charge is -2.40. The normalized spacial score (nSPS) is 37.4. The Kier molecular flexibility index (Phi) is 2.07. The second-order valence-corrected chi connectivity index (χ2v) is 4.83. The Morgan fingerprint density at radius 3 is 2.17 bits per heavy atom. The first kappa shape index (κ1) is 9.72. The SMILES string of the molecule is CC1C(=O)COC1(C)C(C)(C)C. The maximum Gasteiger partial charge on any atom is 0.164 e. The molecule has 2 unspecified atom stereocenters. The maximum absolute atomic E-state index is 11.3. The van der Waals surface area contributed by atoms with Crippen molar-refractivity contribution in [2.24, 2.45) is 11.3 Å². The van der Waals surface area contributed by atoms with E-state index < -0.39 is 0 Å².